The van der Waals surface area contributed by atoms with E-state index in [0.717, 1.165) is 48.0 Å². The number of nitrogens with one attached hydrogen (secondary N) is 2. The zero-order valence-electron chi connectivity index (χ0n) is 15.4. The van der Waals surface area contributed by atoms with Gasteiger partial charge in [-0.3, -0.25) is 10.1 Å². The molecular weight excluding hydrogens is 360 g/mol. The van der Waals surface area contributed by atoms with Gasteiger partial charge in [-0.1, -0.05) is 30.3 Å². The Labute approximate surface area is 161 Å². The summed E-state index contributed by atoms with van der Waals surface area (Å²) < 4.78 is 1.64. The normalized spacial score (nSPS) is 15.0. The van der Waals surface area contributed by atoms with E-state index in [1.54, 1.807) is 4.68 Å². The summed E-state index contributed by atoms with van der Waals surface area (Å²) in [6.07, 6.45) is 2.04. The Hall–Kier alpha value is -2.58. The predicted octanol–water partition coefficient (Wildman–Crippen LogP) is 2.97. The minimum atomic E-state index is -0.195. The molecule has 0 saturated carbocycles. The number of thiazole rings is 1. The third-order valence-electron chi connectivity index (χ3n) is 4.73. The third-order valence-corrected chi connectivity index (χ3v) is 5.94. The molecule has 140 valence electrons. The van der Waals surface area contributed by atoms with E-state index < -0.39 is 0 Å². The van der Waals surface area contributed by atoms with E-state index >= 15 is 0 Å². The molecule has 27 heavy (non-hydrogen) atoms. The van der Waals surface area contributed by atoms with Gasteiger partial charge in [0.05, 0.1) is 5.69 Å². The Morgan fingerprint density at radius 1 is 1.22 bits per heavy atom. The molecule has 1 fully saturated rings. The molecule has 2 aromatic heterocycles. The van der Waals surface area contributed by atoms with E-state index in [1.807, 2.05) is 44.3 Å². The predicted molar refractivity (Wildman–Crippen MR) is 106 cm³/mol. The van der Waals surface area contributed by atoms with E-state index in [0.29, 0.717) is 16.7 Å². The van der Waals surface area contributed by atoms with Crippen molar-refractivity contribution in [2.75, 3.05) is 18.4 Å². The fraction of sp³-hybridized carbons (Fsp3) is 0.368. The minimum Gasteiger partial charge on any atom is -0.317 e. The maximum atomic E-state index is 12.8. The number of hydrogen-bond acceptors (Lipinski definition) is 6. The average Bonchev–Trinajstić information content (AvgIpc) is 3.26. The smallest absolute Gasteiger partial charge is 0.270 e. The van der Waals surface area contributed by atoms with Crippen LogP contribution in [0.5, 0.6) is 0 Å². The second-order valence-corrected chi connectivity index (χ2v) is 7.69. The quantitative estimate of drug-likeness (QED) is 0.725. The number of aryl methyl sites for hydroxylation is 2. The van der Waals surface area contributed by atoms with Crippen molar-refractivity contribution < 1.29 is 4.79 Å². The van der Waals surface area contributed by atoms with Crippen LogP contribution in [-0.2, 0) is 7.05 Å². The van der Waals surface area contributed by atoms with Gasteiger partial charge in [0.15, 0.2) is 5.82 Å². The van der Waals surface area contributed by atoms with Crippen LogP contribution in [0.2, 0.25) is 0 Å². The number of rotatable bonds is 4. The molecule has 0 atom stereocenters. The van der Waals surface area contributed by atoms with Gasteiger partial charge in [-0.05, 0) is 32.9 Å². The summed E-state index contributed by atoms with van der Waals surface area (Å²) in [6, 6.07) is 9.88. The van der Waals surface area contributed by atoms with Crippen LogP contribution in [0.1, 0.15) is 39.9 Å². The molecule has 0 aliphatic carbocycles. The molecule has 0 unspecified atom stereocenters. The van der Waals surface area contributed by atoms with Gasteiger partial charge >= 0.3 is 0 Å². The summed E-state index contributed by atoms with van der Waals surface area (Å²) in [5, 5.41) is 11.6. The zero-order valence-corrected chi connectivity index (χ0v) is 16.2. The van der Waals surface area contributed by atoms with Crippen molar-refractivity contribution >= 4 is 23.2 Å². The lowest BCUT2D eigenvalue weighted by atomic mass is 9.98. The summed E-state index contributed by atoms with van der Waals surface area (Å²) in [4.78, 5) is 22.5. The van der Waals surface area contributed by atoms with Gasteiger partial charge < -0.3 is 5.32 Å². The largest absolute Gasteiger partial charge is 0.317 e. The van der Waals surface area contributed by atoms with Crippen LogP contribution in [0, 0.1) is 6.92 Å². The highest BCUT2D eigenvalue weighted by atomic mass is 32.1. The van der Waals surface area contributed by atoms with Crippen LogP contribution in [0.4, 0.5) is 5.95 Å². The maximum Gasteiger partial charge on any atom is 0.270 e. The van der Waals surface area contributed by atoms with Crippen LogP contribution in [-0.4, -0.2) is 38.7 Å². The summed E-state index contributed by atoms with van der Waals surface area (Å²) in [7, 11) is 1.81. The third kappa shape index (κ3) is 3.77. The van der Waals surface area contributed by atoms with Gasteiger partial charge in [0.25, 0.3) is 5.91 Å². The van der Waals surface area contributed by atoms with E-state index in [-0.39, 0.29) is 5.91 Å². The first-order valence-corrected chi connectivity index (χ1v) is 9.89. The second kappa shape index (κ2) is 7.58. The van der Waals surface area contributed by atoms with Gasteiger partial charge in [0.2, 0.25) is 5.95 Å². The first-order chi connectivity index (χ1) is 13.1. The molecule has 1 aliphatic heterocycles. The number of carbonyl (C=O) groups is 1. The van der Waals surface area contributed by atoms with Crippen molar-refractivity contribution in [3.05, 3.63) is 46.7 Å². The molecule has 8 heteroatoms. The SMILES string of the molecule is Cc1nc(-c2ccccc2)sc1C(=O)Nc1nc(C2CCNCC2)nn1C. The monoisotopic (exact) mass is 382 g/mol. The molecular formula is C19H22N6OS. The molecule has 1 aliphatic rings. The molecule has 2 N–H and O–H groups in total. The van der Waals surface area contributed by atoms with Crippen LogP contribution in [0.3, 0.4) is 0 Å². The summed E-state index contributed by atoms with van der Waals surface area (Å²) in [6.45, 7) is 3.81. The van der Waals surface area contributed by atoms with Crippen molar-refractivity contribution in [3.63, 3.8) is 0 Å². The molecule has 3 heterocycles. The highest BCUT2D eigenvalue weighted by Crippen LogP contribution is 2.28. The highest BCUT2D eigenvalue weighted by molar-refractivity contribution is 7.17. The molecule has 0 bridgehead atoms. The Morgan fingerprint density at radius 3 is 2.70 bits per heavy atom. The highest BCUT2D eigenvalue weighted by Gasteiger charge is 2.23. The Bertz CT molecular complexity index is 943. The lowest BCUT2D eigenvalue weighted by molar-refractivity contribution is 0.102. The lowest BCUT2D eigenvalue weighted by Crippen LogP contribution is -2.27. The fourth-order valence-corrected chi connectivity index (χ4v) is 4.20. The first kappa shape index (κ1) is 17.8. The molecule has 3 aromatic rings. The standard InChI is InChI=1S/C19H22N6OS/c1-12-15(27-18(21-12)14-6-4-3-5-7-14)17(26)23-19-22-16(24-25(19)2)13-8-10-20-11-9-13/h3-7,13,20H,8-11H2,1-2H3,(H,22,23,24,26). The van der Waals surface area contributed by atoms with Crippen molar-refractivity contribution in [1.82, 2.24) is 25.1 Å². The molecule has 0 radical (unpaired) electrons. The van der Waals surface area contributed by atoms with E-state index in [2.05, 4.69) is 25.7 Å². The fourth-order valence-electron chi connectivity index (χ4n) is 3.24. The summed E-state index contributed by atoms with van der Waals surface area (Å²) >= 11 is 1.39. The van der Waals surface area contributed by atoms with Crippen LogP contribution in [0.15, 0.2) is 30.3 Å². The lowest BCUT2D eigenvalue weighted by Gasteiger charge is -2.19. The van der Waals surface area contributed by atoms with Crippen molar-refractivity contribution in [1.29, 1.82) is 0 Å². The molecule has 0 spiro atoms. The van der Waals surface area contributed by atoms with Gasteiger partial charge in [0.1, 0.15) is 9.88 Å². The molecule has 1 aromatic carbocycles. The van der Waals surface area contributed by atoms with Gasteiger partial charge in [-0.15, -0.1) is 11.3 Å². The number of nitrogens with zero attached hydrogens (tertiary/aromatic N) is 4. The van der Waals surface area contributed by atoms with Crippen molar-refractivity contribution in [3.8, 4) is 10.6 Å². The zero-order chi connectivity index (χ0) is 18.8. The second-order valence-electron chi connectivity index (χ2n) is 6.70. The number of amides is 1. The minimum absolute atomic E-state index is 0.195. The number of carbonyl (C=O) groups excluding carboxylic acids is 1. The molecule has 1 saturated heterocycles. The molecule has 4 rings (SSSR count). The molecule has 1 amide bonds. The van der Waals surface area contributed by atoms with E-state index in [1.165, 1.54) is 11.3 Å². The van der Waals surface area contributed by atoms with Gasteiger partial charge in [-0.25, -0.2) is 9.67 Å². The van der Waals surface area contributed by atoms with Crippen molar-refractivity contribution in [2.45, 2.75) is 25.7 Å². The summed E-state index contributed by atoms with van der Waals surface area (Å²) in [5.74, 6) is 1.43. The van der Waals surface area contributed by atoms with E-state index in [9.17, 15) is 4.79 Å². The Kier molecular flexibility index (Phi) is 5.00. The Morgan fingerprint density at radius 2 is 1.96 bits per heavy atom. The number of piperidine rings is 1. The van der Waals surface area contributed by atoms with Gasteiger partial charge in [-0.2, -0.15) is 10.1 Å². The van der Waals surface area contributed by atoms with Crippen LogP contribution in [0.25, 0.3) is 10.6 Å². The number of hydrogen-bond donors (Lipinski definition) is 2. The Balaban J connectivity index is 1.53. The van der Waals surface area contributed by atoms with Crippen molar-refractivity contribution in [2.24, 2.45) is 7.05 Å². The average molecular weight is 382 g/mol. The van der Waals surface area contributed by atoms with Gasteiger partial charge in [0, 0.05) is 18.5 Å². The van der Waals surface area contributed by atoms with Crippen LogP contribution < -0.4 is 10.6 Å². The molecule has 7 nitrogen and oxygen atoms in total. The van der Waals surface area contributed by atoms with Crippen LogP contribution >= 0.6 is 11.3 Å². The topological polar surface area (TPSA) is 84.7 Å². The number of benzene rings is 1. The first-order valence-electron chi connectivity index (χ1n) is 9.07. The summed E-state index contributed by atoms with van der Waals surface area (Å²) in [5.41, 5.74) is 1.73. The maximum absolute atomic E-state index is 12.8. The number of anilines is 1. The number of aromatic nitrogens is 4. The van der Waals surface area contributed by atoms with E-state index in [4.69, 9.17) is 0 Å².